The zero-order chi connectivity index (χ0) is 19.0. The number of piperazine rings is 1. The fourth-order valence-electron chi connectivity index (χ4n) is 3.37. The number of rotatable bonds is 2. The van der Waals surface area contributed by atoms with E-state index in [1.165, 1.54) is 6.07 Å². The highest BCUT2D eigenvalue weighted by Crippen LogP contribution is 2.22. The van der Waals surface area contributed by atoms with Crippen LogP contribution in [-0.2, 0) is 0 Å². The topological polar surface area (TPSA) is 53.8 Å². The number of benzene rings is 2. The molecule has 2 heterocycles. The Morgan fingerprint density at radius 3 is 2.56 bits per heavy atom. The molecule has 0 N–H and O–H groups in total. The Kier molecular flexibility index (Phi) is 4.62. The second-order valence-corrected chi connectivity index (χ2v) is 7.17. The molecule has 1 amide bonds. The van der Waals surface area contributed by atoms with E-state index in [2.05, 4.69) is 4.90 Å². The van der Waals surface area contributed by atoms with Crippen LogP contribution in [0.15, 0.2) is 57.7 Å². The van der Waals surface area contributed by atoms with Crippen LogP contribution in [0.4, 0.5) is 5.69 Å². The third-order valence-electron chi connectivity index (χ3n) is 4.83. The summed E-state index contributed by atoms with van der Waals surface area (Å²) in [6.45, 7) is 4.42. The molecular weight excluding hydrogens is 364 g/mol. The number of carbonyl (C=O) groups is 1. The zero-order valence-corrected chi connectivity index (χ0v) is 15.7. The van der Waals surface area contributed by atoms with E-state index in [1.807, 2.05) is 37.3 Å². The number of aryl methyl sites for hydroxylation is 1. The molecular formula is C21H19ClN2O3. The fraction of sp³-hybridized carbons (Fsp3) is 0.238. The summed E-state index contributed by atoms with van der Waals surface area (Å²) in [6.07, 6.45) is 0. The Balaban J connectivity index is 1.52. The standard InChI is InChI=1S/C21H19ClN2O3/c1-14-5-6-19-17(11-14)18(25)13-20(27-19)21(26)24-9-7-23(8-10-24)16-4-2-3-15(22)12-16/h2-6,11-13H,7-10H2,1H3. The number of fused-ring (bicyclic) bond motifs is 1. The summed E-state index contributed by atoms with van der Waals surface area (Å²) in [5.41, 5.74) is 2.27. The highest BCUT2D eigenvalue weighted by atomic mass is 35.5. The van der Waals surface area contributed by atoms with Crippen LogP contribution in [-0.4, -0.2) is 37.0 Å². The molecule has 0 bridgehead atoms. The molecule has 27 heavy (non-hydrogen) atoms. The number of nitrogens with zero attached hydrogens (tertiary/aromatic N) is 2. The van der Waals surface area contributed by atoms with Gasteiger partial charge in [0.1, 0.15) is 5.58 Å². The van der Waals surface area contributed by atoms with Crippen molar-refractivity contribution in [2.75, 3.05) is 31.1 Å². The highest BCUT2D eigenvalue weighted by Gasteiger charge is 2.24. The molecule has 0 aliphatic carbocycles. The Morgan fingerprint density at radius 1 is 1.04 bits per heavy atom. The van der Waals surface area contributed by atoms with Crippen LogP contribution in [0.2, 0.25) is 5.02 Å². The van der Waals surface area contributed by atoms with Crippen molar-refractivity contribution in [3.05, 3.63) is 75.1 Å². The number of amides is 1. The Morgan fingerprint density at radius 2 is 1.81 bits per heavy atom. The lowest BCUT2D eigenvalue weighted by molar-refractivity contribution is 0.0715. The van der Waals surface area contributed by atoms with Crippen LogP contribution in [0, 0.1) is 6.92 Å². The lowest BCUT2D eigenvalue weighted by Gasteiger charge is -2.35. The van der Waals surface area contributed by atoms with Gasteiger partial charge in [-0.2, -0.15) is 0 Å². The maximum atomic E-state index is 12.8. The molecule has 0 spiro atoms. The van der Waals surface area contributed by atoms with Crippen molar-refractivity contribution in [2.45, 2.75) is 6.92 Å². The van der Waals surface area contributed by atoms with Crippen LogP contribution in [0.5, 0.6) is 0 Å². The zero-order valence-electron chi connectivity index (χ0n) is 14.9. The van der Waals surface area contributed by atoms with Gasteiger partial charge in [0.05, 0.1) is 5.39 Å². The average molecular weight is 383 g/mol. The van der Waals surface area contributed by atoms with Crippen molar-refractivity contribution in [2.24, 2.45) is 0 Å². The summed E-state index contributed by atoms with van der Waals surface area (Å²) in [5.74, 6) is -0.159. The van der Waals surface area contributed by atoms with Gasteiger partial charge in [0.2, 0.25) is 0 Å². The van der Waals surface area contributed by atoms with Crippen LogP contribution in [0.1, 0.15) is 16.1 Å². The first-order valence-electron chi connectivity index (χ1n) is 8.85. The van der Waals surface area contributed by atoms with E-state index in [1.54, 1.807) is 17.0 Å². The van der Waals surface area contributed by atoms with E-state index in [4.69, 9.17) is 16.0 Å². The smallest absolute Gasteiger partial charge is 0.289 e. The van der Waals surface area contributed by atoms with Gasteiger partial charge in [-0.1, -0.05) is 29.3 Å². The van der Waals surface area contributed by atoms with Crippen molar-refractivity contribution in [1.82, 2.24) is 4.90 Å². The SMILES string of the molecule is Cc1ccc2oc(C(=O)N3CCN(c4cccc(Cl)c4)CC3)cc(=O)c2c1. The normalized spacial score (nSPS) is 14.6. The van der Waals surface area contributed by atoms with Gasteiger partial charge in [0, 0.05) is 43.0 Å². The number of halogens is 1. The Bertz CT molecular complexity index is 1070. The third kappa shape index (κ3) is 3.55. The quantitative estimate of drug-likeness (QED) is 0.678. The second kappa shape index (κ2) is 7.08. The number of hydrogen-bond donors (Lipinski definition) is 0. The monoisotopic (exact) mass is 382 g/mol. The minimum absolute atomic E-state index is 0.0903. The maximum absolute atomic E-state index is 12.8. The van der Waals surface area contributed by atoms with Crippen molar-refractivity contribution in [3.63, 3.8) is 0 Å². The lowest BCUT2D eigenvalue weighted by Crippen LogP contribution is -2.48. The first-order chi connectivity index (χ1) is 13.0. The Hall–Kier alpha value is -2.79. The van der Waals surface area contributed by atoms with E-state index < -0.39 is 0 Å². The molecule has 0 atom stereocenters. The van der Waals surface area contributed by atoms with Gasteiger partial charge >= 0.3 is 0 Å². The van der Waals surface area contributed by atoms with Crippen LogP contribution >= 0.6 is 11.6 Å². The molecule has 1 aliphatic rings. The Labute approximate surface area is 161 Å². The van der Waals surface area contributed by atoms with Crippen LogP contribution < -0.4 is 10.3 Å². The van der Waals surface area contributed by atoms with Crippen LogP contribution in [0.25, 0.3) is 11.0 Å². The molecule has 0 unspecified atom stereocenters. The summed E-state index contributed by atoms with van der Waals surface area (Å²) < 4.78 is 5.72. The van der Waals surface area contributed by atoms with Crippen LogP contribution in [0.3, 0.4) is 0 Å². The minimum atomic E-state index is -0.250. The summed E-state index contributed by atoms with van der Waals surface area (Å²) in [4.78, 5) is 29.1. The van der Waals surface area contributed by atoms with Crippen molar-refractivity contribution < 1.29 is 9.21 Å². The van der Waals surface area contributed by atoms with Crippen molar-refractivity contribution in [3.8, 4) is 0 Å². The number of anilines is 1. The highest BCUT2D eigenvalue weighted by molar-refractivity contribution is 6.30. The molecule has 1 fully saturated rings. The molecule has 6 heteroatoms. The first kappa shape index (κ1) is 17.6. The number of carbonyl (C=O) groups excluding carboxylic acids is 1. The predicted molar refractivity (Wildman–Crippen MR) is 107 cm³/mol. The molecule has 0 saturated carbocycles. The van der Waals surface area contributed by atoms with Crippen molar-refractivity contribution in [1.29, 1.82) is 0 Å². The van der Waals surface area contributed by atoms with Gasteiger partial charge in [0.25, 0.3) is 5.91 Å². The van der Waals surface area contributed by atoms with E-state index in [-0.39, 0.29) is 17.1 Å². The summed E-state index contributed by atoms with van der Waals surface area (Å²) in [6, 6.07) is 14.4. The van der Waals surface area contributed by atoms with Gasteiger partial charge in [-0.25, -0.2) is 0 Å². The molecule has 0 radical (unpaired) electrons. The predicted octanol–water partition coefficient (Wildman–Crippen LogP) is 3.72. The maximum Gasteiger partial charge on any atom is 0.289 e. The lowest BCUT2D eigenvalue weighted by atomic mass is 10.1. The molecule has 1 aromatic heterocycles. The molecule has 2 aromatic carbocycles. The van der Waals surface area contributed by atoms with E-state index in [9.17, 15) is 9.59 Å². The van der Waals surface area contributed by atoms with Gasteiger partial charge in [-0.15, -0.1) is 0 Å². The molecule has 4 rings (SSSR count). The molecule has 5 nitrogen and oxygen atoms in total. The third-order valence-corrected chi connectivity index (χ3v) is 5.07. The van der Waals surface area contributed by atoms with Gasteiger partial charge in [-0.05, 0) is 37.3 Å². The molecule has 1 saturated heterocycles. The van der Waals surface area contributed by atoms with Gasteiger partial charge in [0.15, 0.2) is 11.2 Å². The second-order valence-electron chi connectivity index (χ2n) is 6.73. The molecule has 3 aromatic rings. The summed E-state index contributed by atoms with van der Waals surface area (Å²) in [5, 5.41) is 1.19. The van der Waals surface area contributed by atoms with E-state index in [0.717, 1.165) is 11.3 Å². The van der Waals surface area contributed by atoms with Gasteiger partial charge < -0.3 is 14.2 Å². The average Bonchev–Trinajstić information content (AvgIpc) is 2.68. The molecule has 1 aliphatic heterocycles. The summed E-state index contributed by atoms with van der Waals surface area (Å²) in [7, 11) is 0. The first-order valence-corrected chi connectivity index (χ1v) is 9.23. The minimum Gasteiger partial charge on any atom is -0.451 e. The fourth-order valence-corrected chi connectivity index (χ4v) is 3.56. The largest absolute Gasteiger partial charge is 0.451 e. The van der Waals surface area contributed by atoms with Gasteiger partial charge in [-0.3, -0.25) is 9.59 Å². The van der Waals surface area contributed by atoms with E-state index in [0.29, 0.717) is 42.2 Å². The van der Waals surface area contributed by atoms with E-state index >= 15 is 0 Å². The van der Waals surface area contributed by atoms with Crippen molar-refractivity contribution >= 4 is 34.2 Å². The summed E-state index contributed by atoms with van der Waals surface area (Å²) >= 11 is 6.06. The molecule has 138 valence electrons. The number of hydrogen-bond acceptors (Lipinski definition) is 4.